The number of piperidine rings is 1. The number of para-hydroxylation sites is 1. The molecule has 3 amide bonds. The van der Waals surface area contributed by atoms with E-state index >= 15 is 0 Å². The van der Waals surface area contributed by atoms with Crippen LogP contribution in [0.4, 0.5) is 10.5 Å². The summed E-state index contributed by atoms with van der Waals surface area (Å²) in [6.45, 7) is 11.9. The van der Waals surface area contributed by atoms with Crippen LogP contribution in [0.5, 0.6) is 0 Å². The number of nitrogens with one attached hydrogen (secondary N) is 2. The summed E-state index contributed by atoms with van der Waals surface area (Å²) in [5.41, 5.74) is 5.72. The summed E-state index contributed by atoms with van der Waals surface area (Å²) in [6, 6.07) is 24.2. The van der Waals surface area contributed by atoms with Crippen molar-refractivity contribution in [3.63, 3.8) is 0 Å². The quantitative estimate of drug-likeness (QED) is 0.178. The Balaban J connectivity index is 1.20. The number of carbonyl (C=O) groups is 3. The summed E-state index contributed by atoms with van der Waals surface area (Å²) in [5, 5.41) is 3.60. The van der Waals surface area contributed by atoms with Crippen LogP contribution >= 0.6 is 11.6 Å². The number of sulfonamides is 1. The molecule has 1 saturated heterocycles. The molecule has 0 spiro atoms. The monoisotopic (exact) mass is 798 g/mol. The van der Waals surface area contributed by atoms with Gasteiger partial charge in [-0.15, -0.1) is 0 Å². The van der Waals surface area contributed by atoms with E-state index in [-0.39, 0.29) is 36.1 Å². The molecule has 2 aliphatic rings. The van der Waals surface area contributed by atoms with Gasteiger partial charge in [-0.1, -0.05) is 83.9 Å². The average molecular weight is 799 g/mol. The van der Waals surface area contributed by atoms with Crippen molar-refractivity contribution in [2.75, 3.05) is 17.8 Å². The van der Waals surface area contributed by atoms with Gasteiger partial charge < -0.3 is 15.0 Å². The Bertz CT molecular complexity index is 2190. The van der Waals surface area contributed by atoms with E-state index in [0.29, 0.717) is 47.8 Å². The van der Waals surface area contributed by atoms with Crippen LogP contribution in [0, 0.1) is 20.8 Å². The van der Waals surface area contributed by atoms with Crippen LogP contribution < -0.4 is 10.0 Å². The summed E-state index contributed by atoms with van der Waals surface area (Å²) in [5.74, 6) is -0.675. The van der Waals surface area contributed by atoms with E-state index in [1.807, 2.05) is 73.7 Å². The number of halogens is 1. The molecule has 0 aromatic heterocycles. The molecule has 0 aliphatic carbocycles. The van der Waals surface area contributed by atoms with Gasteiger partial charge in [-0.2, -0.15) is 0 Å². The van der Waals surface area contributed by atoms with Crippen molar-refractivity contribution in [3.8, 4) is 0 Å². The van der Waals surface area contributed by atoms with Crippen molar-refractivity contribution in [2.24, 2.45) is 0 Å². The lowest BCUT2D eigenvalue weighted by Gasteiger charge is -2.38. The first-order chi connectivity index (χ1) is 26.5. The average Bonchev–Trinajstić information content (AvgIpc) is 3.13. The molecule has 296 valence electrons. The predicted molar refractivity (Wildman–Crippen MR) is 219 cm³/mol. The summed E-state index contributed by atoms with van der Waals surface area (Å²) in [4.78, 5) is 45.7. The van der Waals surface area contributed by atoms with Gasteiger partial charge in [0.25, 0.3) is 10.0 Å². The van der Waals surface area contributed by atoms with Gasteiger partial charge in [0.05, 0.1) is 17.1 Å². The lowest BCUT2D eigenvalue weighted by Crippen LogP contribution is -2.58. The second-order valence-electron chi connectivity index (χ2n) is 16.0. The van der Waals surface area contributed by atoms with Gasteiger partial charge in [0.1, 0.15) is 17.7 Å². The minimum absolute atomic E-state index is 0.00726. The number of ether oxygens (including phenoxy) is 1. The number of hydrogen-bond acceptors (Lipinski definition) is 6. The Labute approximate surface area is 335 Å². The highest BCUT2D eigenvalue weighted by Crippen LogP contribution is 2.35. The molecule has 2 atom stereocenters. The van der Waals surface area contributed by atoms with E-state index in [2.05, 4.69) is 10.0 Å². The van der Waals surface area contributed by atoms with Gasteiger partial charge in [0, 0.05) is 31.0 Å². The Kier molecular flexibility index (Phi) is 12.2. The standard InChI is InChI=1S/C44H51ClN4O6S/c1-28-23-29(2)40(30(3)24-28)56(53,54)47-37-14-10-9-13-36(37)32-19-21-48(22-20-32)42(51)38(25-31-15-17-35(45)18-16-31)46-41(50)39-26-33-11-7-8-12-34(33)27-49(39)43(52)55-44(4,5)6/h7-18,23-24,32,38-39,47H,19-22,25-27H2,1-6H3,(H,46,50). The molecule has 2 unspecified atom stereocenters. The first-order valence-corrected chi connectivity index (χ1v) is 20.9. The Morgan fingerprint density at radius 2 is 1.48 bits per heavy atom. The summed E-state index contributed by atoms with van der Waals surface area (Å²) in [6.07, 6.45) is 1.10. The van der Waals surface area contributed by atoms with Crippen LogP contribution in [-0.2, 0) is 43.7 Å². The van der Waals surface area contributed by atoms with Crippen LogP contribution in [0.15, 0.2) is 89.8 Å². The lowest BCUT2D eigenvalue weighted by molar-refractivity contribution is -0.138. The number of rotatable bonds is 9. The molecular formula is C44H51ClN4O6S. The number of fused-ring (bicyclic) bond motifs is 1. The van der Waals surface area contributed by atoms with Crippen LogP contribution in [0.2, 0.25) is 5.02 Å². The third-order valence-electron chi connectivity index (χ3n) is 10.5. The van der Waals surface area contributed by atoms with Crippen LogP contribution in [0.1, 0.15) is 78.5 Å². The van der Waals surface area contributed by atoms with Crippen molar-refractivity contribution in [1.82, 2.24) is 15.1 Å². The first kappa shape index (κ1) is 40.8. The number of amides is 3. The molecular weight excluding hydrogens is 748 g/mol. The molecule has 2 aliphatic heterocycles. The number of hydrogen-bond donors (Lipinski definition) is 2. The van der Waals surface area contributed by atoms with E-state index in [4.69, 9.17) is 16.3 Å². The summed E-state index contributed by atoms with van der Waals surface area (Å²) in [7, 11) is -3.87. The molecule has 6 rings (SSSR count). The zero-order valence-corrected chi connectivity index (χ0v) is 34.5. The van der Waals surface area contributed by atoms with Crippen LogP contribution in [0.25, 0.3) is 0 Å². The molecule has 0 radical (unpaired) electrons. The smallest absolute Gasteiger partial charge is 0.411 e. The van der Waals surface area contributed by atoms with E-state index in [1.165, 1.54) is 4.90 Å². The third-order valence-corrected chi connectivity index (χ3v) is 12.4. The van der Waals surface area contributed by atoms with Crippen molar-refractivity contribution in [2.45, 2.75) is 102 Å². The van der Waals surface area contributed by atoms with Crippen molar-refractivity contribution in [3.05, 3.63) is 129 Å². The van der Waals surface area contributed by atoms with E-state index in [9.17, 15) is 22.8 Å². The lowest BCUT2D eigenvalue weighted by atomic mass is 9.88. The molecule has 4 aromatic carbocycles. The zero-order chi connectivity index (χ0) is 40.4. The maximum atomic E-state index is 14.4. The maximum absolute atomic E-state index is 14.4. The summed E-state index contributed by atoms with van der Waals surface area (Å²) >= 11 is 6.18. The fraction of sp³-hybridized carbons (Fsp3) is 0.386. The van der Waals surface area contributed by atoms with Crippen LogP contribution in [0.3, 0.4) is 0 Å². The number of benzene rings is 4. The van der Waals surface area contributed by atoms with Gasteiger partial charge in [-0.3, -0.25) is 19.2 Å². The molecule has 4 aromatic rings. The number of aryl methyl sites for hydroxylation is 3. The van der Waals surface area contributed by atoms with Crippen molar-refractivity contribution in [1.29, 1.82) is 0 Å². The molecule has 2 N–H and O–H groups in total. The van der Waals surface area contributed by atoms with Gasteiger partial charge in [0.2, 0.25) is 11.8 Å². The fourth-order valence-corrected chi connectivity index (χ4v) is 9.63. The molecule has 0 saturated carbocycles. The number of likely N-dealkylation sites (tertiary alicyclic amines) is 1. The van der Waals surface area contributed by atoms with Gasteiger partial charge in [0.15, 0.2) is 0 Å². The van der Waals surface area contributed by atoms with Gasteiger partial charge in [-0.05, 0) is 112 Å². The second kappa shape index (κ2) is 16.7. The molecule has 0 bridgehead atoms. The number of carbonyl (C=O) groups excluding carboxylic acids is 3. The number of nitrogens with zero attached hydrogens (tertiary/aromatic N) is 2. The zero-order valence-electron chi connectivity index (χ0n) is 32.9. The predicted octanol–water partition coefficient (Wildman–Crippen LogP) is 7.86. The van der Waals surface area contributed by atoms with Crippen molar-refractivity contribution < 1.29 is 27.5 Å². The highest BCUT2D eigenvalue weighted by molar-refractivity contribution is 7.92. The van der Waals surface area contributed by atoms with Gasteiger partial charge in [-0.25, -0.2) is 13.2 Å². The highest BCUT2D eigenvalue weighted by atomic mass is 35.5. The molecule has 2 heterocycles. The molecule has 10 nitrogen and oxygen atoms in total. The van der Waals surface area contributed by atoms with E-state index in [0.717, 1.165) is 27.8 Å². The van der Waals surface area contributed by atoms with E-state index in [1.54, 1.807) is 57.7 Å². The maximum Gasteiger partial charge on any atom is 0.411 e. The topological polar surface area (TPSA) is 125 Å². The third kappa shape index (κ3) is 9.56. The molecule has 12 heteroatoms. The van der Waals surface area contributed by atoms with Crippen molar-refractivity contribution >= 4 is 45.2 Å². The summed E-state index contributed by atoms with van der Waals surface area (Å²) < 4.78 is 36.0. The fourth-order valence-electron chi connectivity index (χ4n) is 7.96. The number of anilines is 1. The Morgan fingerprint density at radius 1 is 0.875 bits per heavy atom. The Hall–Kier alpha value is -4.87. The molecule has 1 fully saturated rings. The first-order valence-electron chi connectivity index (χ1n) is 19.1. The van der Waals surface area contributed by atoms with E-state index < -0.39 is 39.7 Å². The normalized spacial score (nSPS) is 16.8. The largest absolute Gasteiger partial charge is 0.444 e. The highest BCUT2D eigenvalue weighted by Gasteiger charge is 2.39. The molecule has 56 heavy (non-hydrogen) atoms. The Morgan fingerprint density at radius 3 is 2.12 bits per heavy atom. The second-order valence-corrected chi connectivity index (χ2v) is 18.1. The SMILES string of the molecule is Cc1cc(C)c(S(=O)(=O)Nc2ccccc2C2CCN(C(=O)C(Cc3ccc(Cl)cc3)NC(=O)C3Cc4ccccc4CN3C(=O)OC(C)(C)C)CC2)c(C)c1. The minimum atomic E-state index is -3.87. The minimum Gasteiger partial charge on any atom is -0.444 e. The van der Waals surface area contributed by atoms with Crippen LogP contribution in [-0.4, -0.2) is 66.9 Å². The van der Waals surface area contributed by atoms with Gasteiger partial charge >= 0.3 is 6.09 Å².